The molecular weight excluding hydrogens is 128 g/mol. The summed E-state index contributed by atoms with van der Waals surface area (Å²) in [7, 11) is 1.56. The summed E-state index contributed by atoms with van der Waals surface area (Å²) in [5.74, 6) is 0.648. The van der Waals surface area contributed by atoms with Crippen LogP contribution in [0.3, 0.4) is 0 Å². The van der Waals surface area contributed by atoms with Crippen LogP contribution < -0.4 is 4.74 Å². The molecule has 0 aliphatic heterocycles. The minimum atomic E-state index is -0.0116. The predicted octanol–water partition coefficient (Wildman–Crippen LogP) is 2.15. The van der Waals surface area contributed by atoms with E-state index >= 15 is 0 Å². The first kappa shape index (κ1) is 6.93. The third kappa shape index (κ3) is 1.21. The molecule has 1 aromatic carbocycles. The van der Waals surface area contributed by atoms with Crippen LogP contribution in [0.5, 0.6) is 11.5 Å². The van der Waals surface area contributed by atoms with Crippen molar-refractivity contribution in [1.29, 1.82) is 0 Å². The Labute approximate surface area is 60.1 Å². The maximum atomic E-state index is 10.7. The molecule has 0 unspecified atom stereocenters. The highest BCUT2D eigenvalue weighted by Gasteiger charge is 1.98. The first-order valence-electron chi connectivity index (χ1n) is 3.05. The van der Waals surface area contributed by atoms with Gasteiger partial charge in [-0.15, -0.1) is 0 Å². The first-order valence-corrected chi connectivity index (χ1v) is 3.05. The Bertz CT molecular complexity index is 231. The lowest BCUT2D eigenvalue weighted by Gasteiger charge is -2.01. The highest BCUT2D eigenvalue weighted by atomic mass is 16.5. The third-order valence-corrected chi connectivity index (χ3v) is 1.38. The Balaban J connectivity index is 3.09. The van der Waals surface area contributed by atoms with Crippen molar-refractivity contribution in [3.05, 3.63) is 23.8 Å². The second-order valence-electron chi connectivity index (χ2n) is 2.13. The predicted molar refractivity (Wildman–Crippen MR) is 37.9 cm³/mol. The van der Waals surface area contributed by atoms with Gasteiger partial charge in [-0.25, -0.2) is 0 Å². The van der Waals surface area contributed by atoms with Gasteiger partial charge in [0.05, 0.1) is 7.11 Å². The lowest BCUT2D eigenvalue weighted by atomic mass is 10.2. The van der Waals surface area contributed by atoms with Crippen molar-refractivity contribution in [2.24, 2.45) is 0 Å². The van der Waals surface area contributed by atoms with Crippen molar-refractivity contribution in [2.75, 3.05) is 7.11 Å². The van der Waals surface area contributed by atoms with Crippen LogP contribution in [-0.2, 0) is 5.11 Å². The van der Waals surface area contributed by atoms with E-state index in [1.807, 2.05) is 6.92 Å². The summed E-state index contributed by atoms with van der Waals surface area (Å²) in [4.78, 5) is 0. The molecule has 0 saturated heterocycles. The van der Waals surface area contributed by atoms with Crippen LogP contribution in [0.15, 0.2) is 18.2 Å². The van der Waals surface area contributed by atoms with Crippen LogP contribution in [0.2, 0.25) is 0 Å². The van der Waals surface area contributed by atoms with Gasteiger partial charge in [0.2, 0.25) is 0 Å². The molecule has 1 aromatic rings. The summed E-state index contributed by atoms with van der Waals surface area (Å²) in [6, 6.07) is 4.76. The van der Waals surface area contributed by atoms with Crippen molar-refractivity contribution >= 4 is 0 Å². The molecule has 0 amide bonds. The topological polar surface area (TPSA) is 29.1 Å². The fourth-order valence-electron chi connectivity index (χ4n) is 0.800. The van der Waals surface area contributed by atoms with Crippen LogP contribution >= 0.6 is 0 Å². The molecule has 1 radical (unpaired) electrons. The molecule has 0 N–H and O–H groups in total. The minimum absolute atomic E-state index is 0.0116. The lowest BCUT2D eigenvalue weighted by molar-refractivity contribution is 0.348. The molecule has 0 heterocycles. The summed E-state index contributed by atoms with van der Waals surface area (Å²) in [5, 5.41) is 10.7. The zero-order valence-electron chi connectivity index (χ0n) is 6.05. The smallest absolute Gasteiger partial charge is 0.182 e. The van der Waals surface area contributed by atoms with E-state index in [1.165, 1.54) is 12.1 Å². The number of benzene rings is 1. The van der Waals surface area contributed by atoms with Gasteiger partial charge in [-0.2, -0.15) is 0 Å². The summed E-state index contributed by atoms with van der Waals surface area (Å²) >= 11 is 0. The molecular formula is C8H9O2. The van der Waals surface area contributed by atoms with E-state index in [9.17, 15) is 5.11 Å². The molecule has 53 valence electrons. The first-order chi connectivity index (χ1) is 4.74. The van der Waals surface area contributed by atoms with Crippen molar-refractivity contribution in [1.82, 2.24) is 0 Å². The molecule has 0 bridgehead atoms. The molecule has 10 heavy (non-hydrogen) atoms. The molecule has 0 aliphatic rings. The summed E-state index contributed by atoms with van der Waals surface area (Å²) in [5.41, 5.74) is 0.988. The monoisotopic (exact) mass is 137 g/mol. The van der Waals surface area contributed by atoms with Gasteiger partial charge in [-0.3, -0.25) is 5.11 Å². The fraction of sp³-hybridized carbons (Fsp3) is 0.250. The SMILES string of the molecule is COc1cc([O])ccc1C. The van der Waals surface area contributed by atoms with Gasteiger partial charge in [0.1, 0.15) is 5.75 Å². The van der Waals surface area contributed by atoms with Gasteiger partial charge in [0, 0.05) is 6.07 Å². The summed E-state index contributed by atoms with van der Waals surface area (Å²) in [6.45, 7) is 1.90. The van der Waals surface area contributed by atoms with Gasteiger partial charge in [-0.1, -0.05) is 6.07 Å². The Morgan fingerprint density at radius 3 is 2.60 bits per heavy atom. The summed E-state index contributed by atoms with van der Waals surface area (Å²) < 4.78 is 4.93. The quantitative estimate of drug-likeness (QED) is 0.583. The lowest BCUT2D eigenvalue weighted by Crippen LogP contribution is -1.84. The second kappa shape index (κ2) is 2.60. The van der Waals surface area contributed by atoms with E-state index in [2.05, 4.69) is 0 Å². The average molecular weight is 137 g/mol. The minimum Gasteiger partial charge on any atom is -0.496 e. The Morgan fingerprint density at radius 2 is 2.10 bits per heavy atom. The highest BCUT2D eigenvalue weighted by Crippen LogP contribution is 2.22. The van der Waals surface area contributed by atoms with Gasteiger partial charge >= 0.3 is 0 Å². The van der Waals surface area contributed by atoms with E-state index in [0.29, 0.717) is 5.75 Å². The Kier molecular flexibility index (Phi) is 1.81. The van der Waals surface area contributed by atoms with Crippen molar-refractivity contribution < 1.29 is 9.84 Å². The van der Waals surface area contributed by atoms with Crippen LogP contribution in [0.1, 0.15) is 5.56 Å². The zero-order valence-corrected chi connectivity index (χ0v) is 6.05. The number of rotatable bonds is 1. The Morgan fingerprint density at radius 1 is 1.40 bits per heavy atom. The van der Waals surface area contributed by atoms with Crippen LogP contribution in [0.4, 0.5) is 0 Å². The van der Waals surface area contributed by atoms with Gasteiger partial charge in [0.25, 0.3) is 0 Å². The van der Waals surface area contributed by atoms with Gasteiger partial charge < -0.3 is 4.74 Å². The van der Waals surface area contributed by atoms with E-state index in [-0.39, 0.29) is 5.75 Å². The van der Waals surface area contributed by atoms with Gasteiger partial charge in [0.15, 0.2) is 5.75 Å². The van der Waals surface area contributed by atoms with Crippen LogP contribution in [0, 0.1) is 6.92 Å². The van der Waals surface area contributed by atoms with E-state index in [1.54, 1.807) is 13.2 Å². The van der Waals surface area contributed by atoms with Crippen molar-refractivity contribution in [3.8, 4) is 11.5 Å². The normalized spacial score (nSPS) is 9.40. The summed E-state index contributed by atoms with van der Waals surface area (Å²) in [6.07, 6.45) is 0. The van der Waals surface area contributed by atoms with Gasteiger partial charge in [-0.05, 0) is 18.6 Å². The molecule has 0 atom stereocenters. The van der Waals surface area contributed by atoms with Crippen molar-refractivity contribution in [2.45, 2.75) is 6.92 Å². The standard InChI is InChI=1S/C8H9O2/c1-6-3-4-7(9)5-8(6)10-2/h3-5H,1-2H3. The molecule has 1 rings (SSSR count). The van der Waals surface area contributed by atoms with Crippen molar-refractivity contribution in [3.63, 3.8) is 0 Å². The number of aryl methyl sites for hydroxylation is 1. The molecule has 0 aliphatic carbocycles. The zero-order chi connectivity index (χ0) is 7.56. The van der Waals surface area contributed by atoms with Crippen LogP contribution in [0.25, 0.3) is 0 Å². The van der Waals surface area contributed by atoms with E-state index in [0.717, 1.165) is 5.56 Å². The number of hydrogen-bond donors (Lipinski definition) is 0. The molecule has 2 heteroatoms. The van der Waals surface area contributed by atoms with E-state index in [4.69, 9.17) is 4.74 Å². The third-order valence-electron chi connectivity index (χ3n) is 1.38. The number of ether oxygens (including phenoxy) is 1. The number of methoxy groups -OCH3 is 1. The molecule has 0 spiro atoms. The Hall–Kier alpha value is -1.18. The second-order valence-corrected chi connectivity index (χ2v) is 2.13. The highest BCUT2D eigenvalue weighted by molar-refractivity contribution is 5.38. The number of hydrogen-bond acceptors (Lipinski definition) is 1. The molecule has 2 nitrogen and oxygen atoms in total. The average Bonchev–Trinajstić information content (AvgIpc) is 1.94. The largest absolute Gasteiger partial charge is 0.496 e. The fourth-order valence-corrected chi connectivity index (χ4v) is 0.800. The molecule has 0 saturated carbocycles. The molecule has 0 aromatic heterocycles. The molecule has 0 fully saturated rings. The maximum Gasteiger partial charge on any atom is 0.182 e. The van der Waals surface area contributed by atoms with E-state index < -0.39 is 0 Å². The maximum absolute atomic E-state index is 10.7. The van der Waals surface area contributed by atoms with Crippen LogP contribution in [-0.4, -0.2) is 7.11 Å².